The first-order valence-electron chi connectivity index (χ1n) is 21.4. The summed E-state index contributed by atoms with van der Waals surface area (Å²) in [4.78, 5) is 2.36. The van der Waals surface area contributed by atoms with Crippen molar-refractivity contribution in [2.45, 2.75) is 0 Å². The predicted octanol–water partition coefficient (Wildman–Crippen LogP) is 17.8. The van der Waals surface area contributed by atoms with Crippen LogP contribution in [0, 0.1) is 0 Å². The van der Waals surface area contributed by atoms with E-state index in [0.717, 1.165) is 61.3 Å². The molecule has 0 fully saturated rings. The van der Waals surface area contributed by atoms with Gasteiger partial charge in [-0.25, -0.2) is 0 Å². The molecule has 0 unspecified atom stereocenters. The second-order valence-corrected chi connectivity index (χ2v) is 17.1. The fourth-order valence-corrected chi connectivity index (χ4v) is 10.4. The SMILES string of the molecule is c1ccc(-c2cccc(-c3ccc(N(c4ccc(-c5ccc6oc7c(-c8ccccc8)cccc7c6c5)cc4)c4ccc(-c5cccc6c5sc5ccccc56)cc4)cc3)c2)cc1. The molecule has 2 heterocycles. The molecule has 0 N–H and O–H groups in total. The molecule has 63 heavy (non-hydrogen) atoms. The van der Waals surface area contributed by atoms with E-state index in [4.69, 9.17) is 4.42 Å². The van der Waals surface area contributed by atoms with Crippen molar-refractivity contribution in [2.24, 2.45) is 0 Å². The normalized spacial score (nSPS) is 11.5. The summed E-state index contributed by atoms with van der Waals surface area (Å²) >= 11 is 1.87. The minimum absolute atomic E-state index is 0.891. The molecular weight excluding hydrogens is 783 g/mol. The lowest BCUT2D eigenvalue weighted by molar-refractivity contribution is 0.670. The summed E-state index contributed by atoms with van der Waals surface area (Å²) < 4.78 is 9.14. The average molecular weight is 822 g/mol. The third kappa shape index (κ3) is 6.67. The van der Waals surface area contributed by atoms with Gasteiger partial charge < -0.3 is 9.32 Å². The van der Waals surface area contributed by atoms with Crippen molar-refractivity contribution in [1.82, 2.24) is 0 Å². The van der Waals surface area contributed by atoms with E-state index in [9.17, 15) is 0 Å². The Morgan fingerprint density at radius 3 is 1.43 bits per heavy atom. The van der Waals surface area contributed by atoms with E-state index >= 15 is 0 Å². The smallest absolute Gasteiger partial charge is 0.143 e. The highest BCUT2D eigenvalue weighted by Crippen LogP contribution is 2.43. The maximum absolute atomic E-state index is 6.51. The summed E-state index contributed by atoms with van der Waals surface area (Å²) in [5.41, 5.74) is 16.9. The first-order valence-corrected chi connectivity index (χ1v) is 22.2. The van der Waals surface area contributed by atoms with Gasteiger partial charge in [0.25, 0.3) is 0 Å². The molecule has 12 aromatic rings. The molecule has 0 saturated heterocycles. The molecule has 0 amide bonds. The monoisotopic (exact) mass is 821 g/mol. The maximum Gasteiger partial charge on any atom is 0.143 e. The summed E-state index contributed by atoms with van der Waals surface area (Å²) in [6.45, 7) is 0. The molecule has 0 atom stereocenters. The van der Waals surface area contributed by atoms with Crippen LogP contribution in [0.25, 0.3) is 97.7 Å². The first kappa shape index (κ1) is 36.8. The van der Waals surface area contributed by atoms with Crippen molar-refractivity contribution in [3.05, 3.63) is 237 Å². The van der Waals surface area contributed by atoms with Gasteiger partial charge in [0.2, 0.25) is 0 Å². The van der Waals surface area contributed by atoms with Crippen LogP contribution in [0.2, 0.25) is 0 Å². The molecule has 296 valence electrons. The highest BCUT2D eigenvalue weighted by molar-refractivity contribution is 7.26. The number of fused-ring (bicyclic) bond motifs is 6. The summed E-state index contributed by atoms with van der Waals surface area (Å²) in [7, 11) is 0. The molecule has 0 bridgehead atoms. The Hall–Kier alpha value is -7.98. The zero-order valence-corrected chi connectivity index (χ0v) is 35.1. The molecule has 2 aromatic heterocycles. The molecular formula is C60H39NOS. The van der Waals surface area contributed by atoms with Crippen LogP contribution in [0.3, 0.4) is 0 Å². The number of thiophene rings is 1. The summed E-state index contributed by atoms with van der Waals surface area (Å²) in [6, 6.07) is 85.2. The van der Waals surface area contributed by atoms with Gasteiger partial charge in [0.15, 0.2) is 0 Å². The maximum atomic E-state index is 6.51. The van der Waals surface area contributed by atoms with Crippen molar-refractivity contribution in [3.63, 3.8) is 0 Å². The van der Waals surface area contributed by atoms with Crippen molar-refractivity contribution in [2.75, 3.05) is 4.90 Å². The van der Waals surface area contributed by atoms with Crippen LogP contribution in [-0.2, 0) is 0 Å². The minimum Gasteiger partial charge on any atom is -0.455 e. The van der Waals surface area contributed by atoms with Crippen LogP contribution in [0.15, 0.2) is 241 Å². The molecule has 0 radical (unpaired) electrons. The van der Waals surface area contributed by atoms with E-state index in [0.29, 0.717) is 0 Å². The van der Waals surface area contributed by atoms with Crippen LogP contribution in [0.1, 0.15) is 0 Å². The second kappa shape index (κ2) is 15.5. The fourth-order valence-electron chi connectivity index (χ4n) is 9.15. The summed E-state index contributed by atoms with van der Waals surface area (Å²) in [5, 5.41) is 4.87. The Bertz CT molecular complexity index is 3590. The van der Waals surface area contributed by atoms with Crippen LogP contribution in [0.4, 0.5) is 17.1 Å². The lowest BCUT2D eigenvalue weighted by Crippen LogP contribution is -2.09. The van der Waals surface area contributed by atoms with E-state index in [1.807, 2.05) is 17.4 Å². The van der Waals surface area contributed by atoms with E-state index in [-0.39, 0.29) is 0 Å². The average Bonchev–Trinajstić information content (AvgIpc) is 3.94. The van der Waals surface area contributed by atoms with Crippen molar-refractivity contribution in [3.8, 4) is 55.6 Å². The van der Waals surface area contributed by atoms with Gasteiger partial charge in [-0.1, -0.05) is 176 Å². The highest BCUT2D eigenvalue weighted by atomic mass is 32.1. The van der Waals surface area contributed by atoms with Gasteiger partial charge in [-0.15, -0.1) is 11.3 Å². The Morgan fingerprint density at radius 1 is 0.302 bits per heavy atom. The molecule has 0 saturated carbocycles. The number of hydrogen-bond donors (Lipinski definition) is 0. The van der Waals surface area contributed by atoms with E-state index in [1.54, 1.807) is 0 Å². The van der Waals surface area contributed by atoms with Gasteiger partial charge in [-0.05, 0) is 111 Å². The van der Waals surface area contributed by atoms with Crippen molar-refractivity contribution >= 4 is 70.5 Å². The highest BCUT2D eigenvalue weighted by Gasteiger charge is 2.17. The molecule has 3 heteroatoms. The molecule has 0 aliphatic heterocycles. The zero-order valence-electron chi connectivity index (χ0n) is 34.3. The predicted molar refractivity (Wildman–Crippen MR) is 268 cm³/mol. The Labute approximate surface area is 370 Å². The first-order chi connectivity index (χ1) is 31.2. The Kier molecular flexibility index (Phi) is 9.06. The van der Waals surface area contributed by atoms with Crippen LogP contribution >= 0.6 is 11.3 Å². The third-order valence-electron chi connectivity index (χ3n) is 12.3. The second-order valence-electron chi connectivity index (χ2n) is 16.1. The number of furan rings is 1. The quantitative estimate of drug-likeness (QED) is 0.152. The largest absolute Gasteiger partial charge is 0.455 e. The lowest BCUT2D eigenvalue weighted by atomic mass is 9.98. The van der Waals surface area contributed by atoms with E-state index in [1.165, 1.54) is 53.6 Å². The molecule has 0 spiro atoms. The Balaban J connectivity index is 0.915. The topological polar surface area (TPSA) is 16.4 Å². The minimum atomic E-state index is 0.891. The summed E-state index contributed by atoms with van der Waals surface area (Å²) in [5.74, 6) is 0. The van der Waals surface area contributed by atoms with Crippen LogP contribution < -0.4 is 4.90 Å². The van der Waals surface area contributed by atoms with Gasteiger partial charge in [0, 0.05) is 53.6 Å². The molecule has 10 aromatic carbocycles. The van der Waals surface area contributed by atoms with Crippen LogP contribution in [0.5, 0.6) is 0 Å². The standard InChI is InChI=1S/C60H39NOS/c1-3-12-40(13-4-1)45-16-9-17-46(38-45)41-24-31-48(32-25-41)61(50-35-28-44(29-36-50)52-20-11-22-55-53-18-7-8-23-58(53)63-60(52)55)49-33-26-42(27-34-49)47-30-37-57-56(39-47)54-21-10-19-51(59(54)62-57)43-14-5-2-6-15-43/h1-39H. The third-order valence-corrected chi connectivity index (χ3v) is 13.5. The van der Waals surface area contributed by atoms with Crippen LogP contribution in [-0.4, -0.2) is 0 Å². The van der Waals surface area contributed by atoms with Gasteiger partial charge in [0.05, 0.1) is 0 Å². The van der Waals surface area contributed by atoms with Gasteiger partial charge in [-0.3, -0.25) is 0 Å². The lowest BCUT2D eigenvalue weighted by Gasteiger charge is -2.26. The summed E-state index contributed by atoms with van der Waals surface area (Å²) in [6.07, 6.45) is 0. The number of anilines is 3. The van der Waals surface area contributed by atoms with Crippen molar-refractivity contribution in [1.29, 1.82) is 0 Å². The zero-order chi connectivity index (χ0) is 41.7. The number of benzene rings is 10. The van der Waals surface area contributed by atoms with Crippen molar-refractivity contribution < 1.29 is 4.42 Å². The van der Waals surface area contributed by atoms with E-state index < -0.39 is 0 Å². The number of para-hydroxylation sites is 1. The molecule has 0 aliphatic rings. The van der Waals surface area contributed by atoms with Gasteiger partial charge in [0.1, 0.15) is 11.2 Å². The fraction of sp³-hybridized carbons (Fsp3) is 0. The van der Waals surface area contributed by atoms with Gasteiger partial charge >= 0.3 is 0 Å². The number of hydrogen-bond acceptors (Lipinski definition) is 3. The molecule has 0 aliphatic carbocycles. The molecule has 12 rings (SSSR count). The number of rotatable bonds is 8. The number of nitrogens with zero attached hydrogens (tertiary/aromatic N) is 1. The van der Waals surface area contributed by atoms with Gasteiger partial charge in [-0.2, -0.15) is 0 Å². The molecule has 2 nitrogen and oxygen atoms in total. The van der Waals surface area contributed by atoms with E-state index in [2.05, 4.69) is 235 Å². The Morgan fingerprint density at radius 2 is 0.762 bits per heavy atom.